The Labute approximate surface area is 156 Å². The van der Waals surface area contributed by atoms with Crippen molar-refractivity contribution in [2.75, 3.05) is 13.1 Å². The van der Waals surface area contributed by atoms with Gasteiger partial charge < -0.3 is 19.8 Å². The third-order valence-electron chi connectivity index (χ3n) is 5.89. The van der Waals surface area contributed by atoms with Gasteiger partial charge in [-0.2, -0.15) is 0 Å². The van der Waals surface area contributed by atoms with Gasteiger partial charge in [0.15, 0.2) is 12.0 Å². The molecule has 5 rings (SSSR count). The van der Waals surface area contributed by atoms with Crippen molar-refractivity contribution < 1.29 is 13.9 Å². The fourth-order valence-electron chi connectivity index (χ4n) is 4.22. The van der Waals surface area contributed by atoms with Crippen LogP contribution in [0.4, 0.5) is 4.79 Å². The predicted molar refractivity (Wildman–Crippen MR) is 102 cm³/mol. The highest BCUT2D eigenvalue weighted by atomic mass is 16.5. The minimum atomic E-state index is -0.338. The second kappa shape index (κ2) is 6.01. The third kappa shape index (κ3) is 2.81. The van der Waals surface area contributed by atoms with Crippen LogP contribution in [0.2, 0.25) is 0 Å². The van der Waals surface area contributed by atoms with Gasteiger partial charge >= 0.3 is 6.03 Å². The van der Waals surface area contributed by atoms with Crippen molar-refractivity contribution in [2.24, 2.45) is 5.73 Å². The smallest absolute Gasteiger partial charge is 0.314 e. The molecule has 2 aliphatic heterocycles. The number of benzene rings is 2. The Balaban J connectivity index is 1.39. The number of nitrogens with two attached hydrogens (primary N) is 1. The van der Waals surface area contributed by atoms with Crippen LogP contribution in [0.25, 0.3) is 22.2 Å². The summed E-state index contributed by atoms with van der Waals surface area (Å²) >= 11 is 0. The molecule has 1 aromatic heterocycles. The van der Waals surface area contributed by atoms with Gasteiger partial charge in [0.1, 0.15) is 16.9 Å². The van der Waals surface area contributed by atoms with Crippen molar-refractivity contribution in [3.8, 4) is 16.9 Å². The van der Waals surface area contributed by atoms with Crippen molar-refractivity contribution in [2.45, 2.75) is 31.3 Å². The predicted octanol–water partition coefficient (Wildman–Crippen LogP) is 3.73. The van der Waals surface area contributed by atoms with E-state index >= 15 is 0 Å². The van der Waals surface area contributed by atoms with E-state index in [0.717, 1.165) is 53.7 Å². The fourth-order valence-corrected chi connectivity index (χ4v) is 4.22. The molecule has 1 spiro atoms. The maximum absolute atomic E-state index is 11.4. The van der Waals surface area contributed by atoms with E-state index in [1.54, 1.807) is 4.90 Å². The Morgan fingerprint density at radius 3 is 2.67 bits per heavy atom. The molecule has 0 saturated carbocycles. The van der Waals surface area contributed by atoms with Crippen molar-refractivity contribution in [1.29, 1.82) is 0 Å². The maximum atomic E-state index is 11.4. The Kier molecular flexibility index (Phi) is 3.60. The monoisotopic (exact) mass is 363 g/mol. The molecule has 6 heteroatoms. The maximum Gasteiger partial charge on any atom is 0.314 e. The van der Waals surface area contributed by atoms with E-state index in [4.69, 9.17) is 14.9 Å². The number of primary amides is 1. The average molecular weight is 363 g/mol. The Morgan fingerprint density at radius 1 is 1.07 bits per heavy atom. The van der Waals surface area contributed by atoms with E-state index in [-0.39, 0.29) is 11.6 Å². The topological polar surface area (TPSA) is 81.6 Å². The average Bonchev–Trinajstić information content (AvgIpc) is 3.16. The van der Waals surface area contributed by atoms with Gasteiger partial charge in [-0.1, -0.05) is 12.1 Å². The molecule has 1 fully saturated rings. The first kappa shape index (κ1) is 16.2. The molecule has 3 aromatic rings. The number of aromatic nitrogens is 1. The lowest BCUT2D eigenvalue weighted by atomic mass is 9.82. The van der Waals surface area contributed by atoms with Crippen LogP contribution in [0.15, 0.2) is 47.2 Å². The Morgan fingerprint density at radius 2 is 1.85 bits per heavy atom. The van der Waals surface area contributed by atoms with Crippen molar-refractivity contribution in [3.05, 3.63) is 48.4 Å². The number of fused-ring (bicyclic) bond motifs is 2. The molecule has 2 aromatic carbocycles. The van der Waals surface area contributed by atoms with Crippen molar-refractivity contribution in [3.63, 3.8) is 0 Å². The normalized spacial score (nSPS) is 18.3. The molecule has 2 N–H and O–H groups in total. The Hall–Kier alpha value is -3.02. The van der Waals surface area contributed by atoms with E-state index in [9.17, 15) is 4.79 Å². The van der Waals surface area contributed by atoms with Crippen LogP contribution in [0.3, 0.4) is 0 Å². The summed E-state index contributed by atoms with van der Waals surface area (Å²) in [6.45, 7) is 1.33. The number of oxazole rings is 1. The minimum absolute atomic E-state index is 0.167. The van der Waals surface area contributed by atoms with Crippen molar-refractivity contribution >= 4 is 17.1 Å². The zero-order valence-electron chi connectivity index (χ0n) is 15.0. The molecule has 3 heterocycles. The Bertz CT molecular complexity index is 1020. The summed E-state index contributed by atoms with van der Waals surface area (Å²) in [4.78, 5) is 17.2. The number of urea groups is 1. The van der Waals surface area contributed by atoms with E-state index in [0.29, 0.717) is 13.1 Å². The van der Waals surface area contributed by atoms with Crippen LogP contribution < -0.4 is 10.5 Å². The quantitative estimate of drug-likeness (QED) is 0.714. The molecule has 0 unspecified atom stereocenters. The molecule has 0 atom stereocenters. The van der Waals surface area contributed by atoms with E-state index in [1.165, 1.54) is 12.0 Å². The van der Waals surface area contributed by atoms with Gasteiger partial charge in [0.05, 0.1) is 0 Å². The lowest BCUT2D eigenvalue weighted by molar-refractivity contribution is -0.00471. The number of nitrogens with zero attached hydrogens (tertiary/aromatic N) is 2. The summed E-state index contributed by atoms with van der Waals surface area (Å²) in [6, 6.07) is 12.1. The van der Waals surface area contributed by atoms with Gasteiger partial charge in [-0.3, -0.25) is 0 Å². The number of piperidine rings is 1. The number of carbonyl (C=O) groups is 1. The highest BCUT2D eigenvalue weighted by Gasteiger charge is 2.40. The van der Waals surface area contributed by atoms with Crippen molar-refractivity contribution in [1.82, 2.24) is 9.88 Å². The first-order valence-electron chi connectivity index (χ1n) is 9.32. The molecule has 2 amide bonds. The number of likely N-dealkylation sites (tertiary alicyclic amines) is 1. The fraction of sp³-hybridized carbons (Fsp3) is 0.333. The zero-order chi connectivity index (χ0) is 18.4. The van der Waals surface area contributed by atoms with Gasteiger partial charge in [-0.05, 0) is 53.8 Å². The largest absolute Gasteiger partial charge is 0.487 e. The van der Waals surface area contributed by atoms with Gasteiger partial charge in [-0.15, -0.1) is 0 Å². The number of rotatable bonds is 1. The standard InChI is InChI=1S/C21H21N3O3/c22-20(25)24-9-7-21(8-10-24)6-5-16-11-14(2-4-18(16)27-21)15-1-3-17-19(12-15)26-13-23-17/h1-4,11-13H,5-10H2,(H2,22,25). The number of aryl methyl sites for hydroxylation is 1. The summed E-state index contributed by atoms with van der Waals surface area (Å²) in [5.74, 6) is 0.957. The second-order valence-corrected chi connectivity index (χ2v) is 7.47. The molecule has 0 bridgehead atoms. The van der Waals surface area contributed by atoms with E-state index < -0.39 is 0 Å². The summed E-state index contributed by atoms with van der Waals surface area (Å²) in [6.07, 6.45) is 5.08. The second-order valence-electron chi connectivity index (χ2n) is 7.47. The number of hydrogen-bond donors (Lipinski definition) is 1. The summed E-state index contributed by atoms with van der Waals surface area (Å²) in [5.41, 5.74) is 10.4. The lowest BCUT2D eigenvalue weighted by Crippen LogP contribution is -2.52. The highest BCUT2D eigenvalue weighted by Crippen LogP contribution is 2.40. The first-order valence-corrected chi connectivity index (χ1v) is 9.32. The highest BCUT2D eigenvalue weighted by molar-refractivity contribution is 5.80. The van der Waals surface area contributed by atoms with Gasteiger partial charge in [0.25, 0.3) is 0 Å². The van der Waals surface area contributed by atoms with Crippen LogP contribution in [0.5, 0.6) is 5.75 Å². The number of ether oxygens (including phenoxy) is 1. The molecule has 27 heavy (non-hydrogen) atoms. The van der Waals surface area contributed by atoms with Crippen LogP contribution >= 0.6 is 0 Å². The number of hydrogen-bond acceptors (Lipinski definition) is 4. The number of amides is 2. The zero-order valence-corrected chi connectivity index (χ0v) is 15.0. The summed E-state index contributed by atoms with van der Waals surface area (Å²) in [7, 11) is 0. The molecule has 2 aliphatic rings. The molecular formula is C21H21N3O3. The van der Waals surface area contributed by atoms with Gasteiger partial charge in [-0.25, -0.2) is 9.78 Å². The molecular weight excluding hydrogens is 342 g/mol. The SMILES string of the molecule is NC(=O)N1CCC2(CCc3cc(-c4ccc5ncoc5c4)ccc3O2)CC1. The molecule has 0 aliphatic carbocycles. The molecule has 0 radical (unpaired) electrons. The number of carbonyl (C=O) groups excluding carboxylic acids is 1. The van der Waals surface area contributed by atoms with Gasteiger partial charge in [0.2, 0.25) is 0 Å². The summed E-state index contributed by atoms with van der Waals surface area (Å²) < 4.78 is 11.9. The van der Waals surface area contributed by atoms with Crippen LogP contribution in [-0.2, 0) is 6.42 Å². The third-order valence-corrected chi connectivity index (χ3v) is 5.89. The van der Waals surface area contributed by atoms with E-state index in [1.807, 2.05) is 12.1 Å². The summed E-state index contributed by atoms with van der Waals surface area (Å²) in [5, 5.41) is 0. The first-order chi connectivity index (χ1) is 13.1. The lowest BCUT2D eigenvalue weighted by Gasteiger charge is -2.44. The minimum Gasteiger partial charge on any atom is -0.487 e. The molecule has 6 nitrogen and oxygen atoms in total. The van der Waals surface area contributed by atoms with Gasteiger partial charge in [0, 0.05) is 25.9 Å². The molecule has 1 saturated heterocycles. The van der Waals surface area contributed by atoms with Crippen LogP contribution in [0.1, 0.15) is 24.8 Å². The van der Waals surface area contributed by atoms with E-state index in [2.05, 4.69) is 29.2 Å². The molecule has 138 valence electrons. The van der Waals surface area contributed by atoms with Crippen LogP contribution in [0, 0.1) is 0 Å². The van der Waals surface area contributed by atoms with Crippen LogP contribution in [-0.4, -0.2) is 34.6 Å².